The third kappa shape index (κ3) is 2.53. The number of non-ortho nitro benzene ring substituents is 1. The molecule has 130 valence electrons. The third-order valence-corrected chi connectivity index (χ3v) is 6.56. The summed E-state index contributed by atoms with van der Waals surface area (Å²) in [6.07, 6.45) is 2.00. The summed E-state index contributed by atoms with van der Waals surface area (Å²) in [4.78, 5) is 12.6. The van der Waals surface area contributed by atoms with Crippen LogP contribution in [0, 0.1) is 10.1 Å². The Morgan fingerprint density at radius 3 is 2.64 bits per heavy atom. The van der Waals surface area contributed by atoms with Gasteiger partial charge in [0, 0.05) is 25.2 Å². The van der Waals surface area contributed by atoms with Crippen molar-refractivity contribution < 1.29 is 13.3 Å². The number of nitro benzene ring substituents is 1. The predicted molar refractivity (Wildman–Crippen MR) is 94.6 cm³/mol. The first kappa shape index (κ1) is 15.9. The maximum atomic E-state index is 13.1. The zero-order chi connectivity index (χ0) is 17.6. The number of benzene rings is 2. The second kappa shape index (κ2) is 5.73. The zero-order valence-electron chi connectivity index (χ0n) is 13.5. The fourth-order valence-electron chi connectivity index (χ4n) is 3.61. The first-order valence-electron chi connectivity index (χ1n) is 8.12. The van der Waals surface area contributed by atoms with Gasteiger partial charge in [-0.15, -0.1) is 0 Å². The van der Waals surface area contributed by atoms with E-state index < -0.39 is 14.9 Å². The molecule has 0 saturated heterocycles. The van der Waals surface area contributed by atoms with E-state index in [2.05, 4.69) is 4.90 Å². The molecule has 2 heterocycles. The number of hydrogen-bond donors (Lipinski definition) is 0. The molecule has 0 saturated carbocycles. The van der Waals surface area contributed by atoms with Crippen LogP contribution in [-0.4, -0.2) is 33.0 Å². The number of nitrogens with zero attached hydrogens (tertiary/aromatic N) is 3. The average Bonchev–Trinajstić information content (AvgIpc) is 2.62. The van der Waals surface area contributed by atoms with Gasteiger partial charge >= 0.3 is 0 Å². The van der Waals surface area contributed by atoms with Crippen molar-refractivity contribution >= 4 is 27.1 Å². The second-order valence-corrected chi connectivity index (χ2v) is 8.07. The summed E-state index contributed by atoms with van der Waals surface area (Å²) in [6.45, 7) is 1.88. The van der Waals surface area contributed by atoms with E-state index in [-0.39, 0.29) is 10.6 Å². The number of para-hydroxylation sites is 1. The smallest absolute Gasteiger partial charge is 0.270 e. The number of nitro groups is 1. The van der Waals surface area contributed by atoms with Gasteiger partial charge in [-0.05, 0) is 30.5 Å². The maximum Gasteiger partial charge on any atom is 0.270 e. The quantitative estimate of drug-likeness (QED) is 0.621. The van der Waals surface area contributed by atoms with Crippen LogP contribution in [0.15, 0.2) is 47.4 Å². The van der Waals surface area contributed by atoms with E-state index in [4.69, 9.17) is 0 Å². The molecular formula is C17H17N3O4S. The molecule has 0 atom stereocenters. The van der Waals surface area contributed by atoms with Crippen molar-refractivity contribution in [1.82, 2.24) is 0 Å². The molecule has 0 radical (unpaired) electrons. The van der Waals surface area contributed by atoms with Gasteiger partial charge in [0.25, 0.3) is 15.7 Å². The number of aryl methyl sites for hydroxylation is 1. The highest BCUT2D eigenvalue weighted by Gasteiger charge is 2.34. The molecule has 0 unspecified atom stereocenters. The highest BCUT2D eigenvalue weighted by atomic mass is 32.2. The summed E-state index contributed by atoms with van der Waals surface area (Å²) < 4.78 is 27.6. The Hall–Kier alpha value is -2.61. The standard InChI is InChI=1S/C17H17N3O4S/c21-20(22)14-6-2-7-15(12-14)25(23,24)19-11-10-18-9-3-5-13-4-1-8-16(19)17(13)18/h1-2,4,6-8,12H,3,5,9-11H2. The van der Waals surface area contributed by atoms with Crippen molar-refractivity contribution in [3.63, 3.8) is 0 Å². The van der Waals surface area contributed by atoms with Crippen LogP contribution in [0.1, 0.15) is 12.0 Å². The van der Waals surface area contributed by atoms with Crippen LogP contribution >= 0.6 is 0 Å². The summed E-state index contributed by atoms with van der Waals surface area (Å²) in [5, 5.41) is 11.0. The monoisotopic (exact) mass is 359 g/mol. The maximum absolute atomic E-state index is 13.1. The molecule has 0 spiro atoms. The SMILES string of the molecule is O=[N+]([O-])c1cccc(S(=O)(=O)N2CCN3CCCc4cccc2c43)c1. The van der Waals surface area contributed by atoms with Crippen LogP contribution in [0.5, 0.6) is 0 Å². The average molecular weight is 359 g/mol. The molecule has 2 aromatic carbocycles. The lowest BCUT2D eigenvalue weighted by Gasteiger charge is -2.41. The van der Waals surface area contributed by atoms with E-state index in [1.165, 1.54) is 22.5 Å². The van der Waals surface area contributed by atoms with Crippen LogP contribution in [0.25, 0.3) is 0 Å². The molecule has 2 aliphatic rings. The summed E-state index contributed by atoms with van der Waals surface area (Å²) in [5.74, 6) is 0. The minimum Gasteiger partial charge on any atom is -0.368 e. The molecule has 0 fully saturated rings. The second-order valence-electron chi connectivity index (χ2n) is 6.21. The van der Waals surface area contributed by atoms with Gasteiger partial charge in [-0.2, -0.15) is 0 Å². The van der Waals surface area contributed by atoms with Gasteiger partial charge in [-0.1, -0.05) is 18.2 Å². The van der Waals surface area contributed by atoms with Crippen molar-refractivity contribution in [2.75, 3.05) is 28.8 Å². The van der Waals surface area contributed by atoms with E-state index in [1.807, 2.05) is 18.2 Å². The Bertz CT molecular complexity index is 958. The molecule has 2 aromatic rings. The van der Waals surface area contributed by atoms with Crippen molar-refractivity contribution in [1.29, 1.82) is 0 Å². The van der Waals surface area contributed by atoms with Crippen LogP contribution in [0.3, 0.4) is 0 Å². The summed E-state index contributed by atoms with van der Waals surface area (Å²) in [7, 11) is -3.85. The normalized spacial score (nSPS) is 16.5. The number of sulfonamides is 1. The number of hydrogen-bond acceptors (Lipinski definition) is 5. The Morgan fingerprint density at radius 1 is 1.04 bits per heavy atom. The van der Waals surface area contributed by atoms with Gasteiger partial charge in [0.05, 0.1) is 27.7 Å². The topological polar surface area (TPSA) is 83.8 Å². The summed E-state index contributed by atoms with van der Waals surface area (Å²) in [6, 6.07) is 10.9. The molecule has 0 bridgehead atoms. The molecule has 2 aliphatic heterocycles. The van der Waals surface area contributed by atoms with Crippen molar-refractivity contribution in [3.8, 4) is 0 Å². The largest absolute Gasteiger partial charge is 0.368 e. The Kier molecular flexibility index (Phi) is 3.64. The lowest BCUT2D eigenvalue weighted by molar-refractivity contribution is -0.385. The van der Waals surface area contributed by atoms with E-state index in [9.17, 15) is 18.5 Å². The predicted octanol–water partition coefficient (Wildman–Crippen LogP) is 2.56. The molecule has 0 aliphatic carbocycles. The molecule has 7 nitrogen and oxygen atoms in total. The van der Waals surface area contributed by atoms with Gasteiger partial charge in [-0.25, -0.2) is 8.42 Å². The fraction of sp³-hybridized carbons (Fsp3) is 0.294. The Morgan fingerprint density at radius 2 is 1.84 bits per heavy atom. The van der Waals surface area contributed by atoms with Crippen molar-refractivity contribution in [2.45, 2.75) is 17.7 Å². The van der Waals surface area contributed by atoms with Crippen molar-refractivity contribution in [3.05, 3.63) is 58.1 Å². The fourth-order valence-corrected chi connectivity index (χ4v) is 5.11. The Balaban J connectivity index is 1.82. The highest BCUT2D eigenvalue weighted by Crippen LogP contribution is 2.41. The lowest BCUT2D eigenvalue weighted by atomic mass is 9.99. The van der Waals surface area contributed by atoms with E-state index >= 15 is 0 Å². The molecule has 0 aromatic heterocycles. The van der Waals surface area contributed by atoms with Gasteiger partial charge < -0.3 is 4.90 Å². The third-order valence-electron chi connectivity index (χ3n) is 4.75. The molecule has 0 N–H and O–H groups in total. The molecule has 4 rings (SSSR count). The van der Waals surface area contributed by atoms with Crippen LogP contribution in [0.2, 0.25) is 0 Å². The number of anilines is 2. The van der Waals surface area contributed by atoms with Crippen LogP contribution < -0.4 is 9.21 Å². The van der Waals surface area contributed by atoms with Crippen molar-refractivity contribution in [2.24, 2.45) is 0 Å². The van der Waals surface area contributed by atoms with E-state index in [1.54, 1.807) is 0 Å². The lowest BCUT2D eigenvalue weighted by Crippen LogP contribution is -2.46. The van der Waals surface area contributed by atoms with Gasteiger partial charge in [0.2, 0.25) is 0 Å². The molecule has 0 amide bonds. The molecule has 25 heavy (non-hydrogen) atoms. The molecular weight excluding hydrogens is 342 g/mol. The van der Waals surface area contributed by atoms with Gasteiger partial charge in [-0.3, -0.25) is 14.4 Å². The minimum atomic E-state index is -3.85. The zero-order valence-corrected chi connectivity index (χ0v) is 14.3. The van der Waals surface area contributed by atoms with E-state index in [0.29, 0.717) is 18.8 Å². The molecule has 8 heteroatoms. The van der Waals surface area contributed by atoms with Crippen LogP contribution in [0.4, 0.5) is 17.1 Å². The highest BCUT2D eigenvalue weighted by molar-refractivity contribution is 7.92. The van der Waals surface area contributed by atoms with E-state index in [0.717, 1.165) is 36.7 Å². The summed E-state index contributed by atoms with van der Waals surface area (Å²) >= 11 is 0. The Labute approximate surface area is 145 Å². The summed E-state index contributed by atoms with van der Waals surface area (Å²) in [5.41, 5.74) is 2.57. The van der Waals surface area contributed by atoms with Crippen LogP contribution in [-0.2, 0) is 16.4 Å². The first-order valence-corrected chi connectivity index (χ1v) is 9.56. The first-order chi connectivity index (χ1) is 12.0. The van der Waals surface area contributed by atoms with Gasteiger partial charge in [0.15, 0.2) is 0 Å². The number of rotatable bonds is 3. The minimum absolute atomic E-state index is 0.0523. The van der Waals surface area contributed by atoms with Gasteiger partial charge in [0.1, 0.15) is 0 Å².